The van der Waals surface area contributed by atoms with E-state index in [1.807, 2.05) is 49.4 Å². The molecule has 25 heavy (non-hydrogen) atoms. The van der Waals surface area contributed by atoms with Crippen molar-refractivity contribution in [2.75, 3.05) is 5.32 Å². The first kappa shape index (κ1) is 15.1. The maximum Gasteiger partial charge on any atom is 0.181 e. The van der Waals surface area contributed by atoms with Gasteiger partial charge in [-0.25, -0.2) is 9.97 Å². The fourth-order valence-corrected chi connectivity index (χ4v) is 2.50. The summed E-state index contributed by atoms with van der Waals surface area (Å²) in [6, 6.07) is 13.8. The standard InChI is InChI=1S/C18H17N7/c1-12-22-18(25-24-12)13-5-7-14(8-6-13)20-11-17-21-10-16(23-17)15-4-2-3-9-19-15/h2-10,20H,11H2,1H3,(H,21,23)(H,22,24,25). The third-order valence-electron chi connectivity index (χ3n) is 3.77. The lowest BCUT2D eigenvalue weighted by Crippen LogP contribution is -2.01. The number of aryl methyl sites for hydroxylation is 1. The first-order valence-electron chi connectivity index (χ1n) is 7.96. The van der Waals surface area contributed by atoms with Crippen LogP contribution in [0.1, 0.15) is 11.6 Å². The Morgan fingerprint density at radius 1 is 1.04 bits per heavy atom. The first-order valence-corrected chi connectivity index (χ1v) is 7.96. The van der Waals surface area contributed by atoms with Gasteiger partial charge in [0.15, 0.2) is 5.82 Å². The van der Waals surface area contributed by atoms with Crippen molar-refractivity contribution >= 4 is 5.69 Å². The molecule has 0 atom stereocenters. The Kier molecular flexibility index (Phi) is 3.96. The lowest BCUT2D eigenvalue weighted by Gasteiger charge is -2.05. The third-order valence-corrected chi connectivity index (χ3v) is 3.77. The van der Waals surface area contributed by atoms with Crippen LogP contribution in [0.25, 0.3) is 22.8 Å². The summed E-state index contributed by atoms with van der Waals surface area (Å²) in [5.74, 6) is 2.36. The van der Waals surface area contributed by atoms with Crippen LogP contribution in [0.4, 0.5) is 5.69 Å². The molecule has 7 nitrogen and oxygen atoms in total. The minimum Gasteiger partial charge on any atom is -0.378 e. The summed E-state index contributed by atoms with van der Waals surface area (Å²) in [5, 5.41) is 10.4. The van der Waals surface area contributed by atoms with E-state index in [-0.39, 0.29) is 0 Å². The minimum atomic E-state index is 0.603. The molecule has 0 aliphatic carbocycles. The normalized spacial score (nSPS) is 10.8. The van der Waals surface area contributed by atoms with Crippen molar-refractivity contribution < 1.29 is 0 Å². The Morgan fingerprint density at radius 2 is 1.92 bits per heavy atom. The van der Waals surface area contributed by atoms with Gasteiger partial charge in [0.1, 0.15) is 11.6 Å². The van der Waals surface area contributed by atoms with E-state index in [0.717, 1.165) is 34.3 Å². The predicted molar refractivity (Wildman–Crippen MR) is 95.7 cm³/mol. The number of hydrogen-bond donors (Lipinski definition) is 3. The molecule has 0 aliphatic heterocycles. The van der Waals surface area contributed by atoms with Gasteiger partial charge in [-0.05, 0) is 43.3 Å². The van der Waals surface area contributed by atoms with Crippen molar-refractivity contribution in [1.82, 2.24) is 30.1 Å². The number of aromatic nitrogens is 6. The molecule has 0 aliphatic rings. The monoisotopic (exact) mass is 331 g/mol. The molecule has 124 valence electrons. The van der Waals surface area contributed by atoms with Gasteiger partial charge in [0.05, 0.1) is 24.1 Å². The molecule has 7 heteroatoms. The van der Waals surface area contributed by atoms with Crippen molar-refractivity contribution in [3.8, 4) is 22.8 Å². The number of H-pyrrole nitrogens is 2. The third kappa shape index (κ3) is 3.40. The van der Waals surface area contributed by atoms with Crippen LogP contribution in [0.15, 0.2) is 54.9 Å². The number of rotatable bonds is 5. The van der Waals surface area contributed by atoms with Crippen LogP contribution in [0.5, 0.6) is 0 Å². The molecule has 0 saturated heterocycles. The SMILES string of the molecule is Cc1nc(-c2ccc(NCc3ncc(-c4ccccn4)[nH]3)cc2)n[nH]1. The van der Waals surface area contributed by atoms with Gasteiger partial charge >= 0.3 is 0 Å². The number of pyridine rings is 1. The van der Waals surface area contributed by atoms with Crippen LogP contribution >= 0.6 is 0 Å². The Hall–Kier alpha value is -3.48. The number of imidazole rings is 1. The van der Waals surface area contributed by atoms with E-state index in [1.165, 1.54) is 0 Å². The zero-order valence-corrected chi connectivity index (χ0v) is 13.7. The maximum atomic E-state index is 4.39. The second kappa shape index (κ2) is 6.56. The molecule has 0 unspecified atom stereocenters. The lowest BCUT2D eigenvalue weighted by atomic mass is 10.2. The van der Waals surface area contributed by atoms with Gasteiger partial charge in [-0.3, -0.25) is 10.1 Å². The van der Waals surface area contributed by atoms with Crippen molar-refractivity contribution in [2.45, 2.75) is 13.5 Å². The zero-order chi connectivity index (χ0) is 17.1. The van der Waals surface area contributed by atoms with Crippen LogP contribution in [0.2, 0.25) is 0 Å². The topological polar surface area (TPSA) is 95.2 Å². The molecule has 0 amide bonds. The number of nitrogens with one attached hydrogen (secondary N) is 3. The molecule has 0 bridgehead atoms. The van der Waals surface area contributed by atoms with Crippen molar-refractivity contribution in [3.05, 3.63) is 66.5 Å². The predicted octanol–water partition coefficient (Wildman–Crippen LogP) is 3.18. The van der Waals surface area contributed by atoms with Gasteiger partial charge < -0.3 is 10.3 Å². The Bertz CT molecular complexity index is 955. The van der Waals surface area contributed by atoms with Crippen molar-refractivity contribution in [2.24, 2.45) is 0 Å². The van der Waals surface area contributed by atoms with Gasteiger partial charge in [0, 0.05) is 17.4 Å². The highest BCUT2D eigenvalue weighted by atomic mass is 15.2. The van der Waals surface area contributed by atoms with E-state index in [2.05, 4.69) is 35.5 Å². The summed E-state index contributed by atoms with van der Waals surface area (Å²) in [6.07, 6.45) is 3.57. The zero-order valence-electron chi connectivity index (χ0n) is 13.7. The minimum absolute atomic E-state index is 0.603. The highest BCUT2D eigenvalue weighted by molar-refractivity contribution is 5.59. The summed E-state index contributed by atoms with van der Waals surface area (Å²) < 4.78 is 0. The second-order valence-electron chi connectivity index (χ2n) is 5.63. The van der Waals surface area contributed by atoms with E-state index in [4.69, 9.17) is 0 Å². The van der Waals surface area contributed by atoms with Crippen LogP contribution in [-0.2, 0) is 6.54 Å². The summed E-state index contributed by atoms with van der Waals surface area (Å²) >= 11 is 0. The van der Waals surface area contributed by atoms with E-state index >= 15 is 0 Å². The fraction of sp³-hybridized carbons (Fsp3) is 0.111. The highest BCUT2D eigenvalue weighted by Gasteiger charge is 2.05. The molecule has 1 aromatic carbocycles. The van der Waals surface area contributed by atoms with Gasteiger partial charge in [-0.2, -0.15) is 5.10 Å². The summed E-state index contributed by atoms with van der Waals surface area (Å²) in [5.41, 5.74) is 3.78. The molecule has 3 heterocycles. The van der Waals surface area contributed by atoms with E-state index in [0.29, 0.717) is 12.4 Å². The highest BCUT2D eigenvalue weighted by Crippen LogP contribution is 2.18. The first-order chi connectivity index (χ1) is 12.3. The Morgan fingerprint density at radius 3 is 2.64 bits per heavy atom. The van der Waals surface area contributed by atoms with Crippen molar-refractivity contribution in [1.29, 1.82) is 0 Å². The molecule has 4 rings (SSSR count). The smallest absolute Gasteiger partial charge is 0.181 e. The lowest BCUT2D eigenvalue weighted by molar-refractivity contribution is 1.000. The molecule has 3 N–H and O–H groups in total. The molecule has 0 spiro atoms. The van der Waals surface area contributed by atoms with Gasteiger partial charge in [-0.1, -0.05) is 6.07 Å². The van der Waals surface area contributed by atoms with E-state index in [1.54, 1.807) is 12.4 Å². The Labute approximate surface area is 144 Å². The molecule has 0 saturated carbocycles. The van der Waals surface area contributed by atoms with Crippen LogP contribution in [-0.4, -0.2) is 30.1 Å². The number of nitrogens with zero attached hydrogens (tertiary/aromatic N) is 4. The quantitative estimate of drug-likeness (QED) is 0.522. The van der Waals surface area contributed by atoms with E-state index in [9.17, 15) is 0 Å². The molecule has 4 aromatic rings. The van der Waals surface area contributed by atoms with Crippen molar-refractivity contribution in [3.63, 3.8) is 0 Å². The molecular weight excluding hydrogens is 314 g/mol. The van der Waals surface area contributed by atoms with Crippen LogP contribution in [0.3, 0.4) is 0 Å². The fourth-order valence-electron chi connectivity index (χ4n) is 2.50. The maximum absolute atomic E-state index is 4.39. The number of hydrogen-bond acceptors (Lipinski definition) is 5. The van der Waals surface area contributed by atoms with Gasteiger partial charge in [-0.15, -0.1) is 0 Å². The second-order valence-corrected chi connectivity index (χ2v) is 5.63. The number of anilines is 1. The van der Waals surface area contributed by atoms with Gasteiger partial charge in [0.25, 0.3) is 0 Å². The molecule has 0 radical (unpaired) electrons. The van der Waals surface area contributed by atoms with Gasteiger partial charge in [0.2, 0.25) is 0 Å². The number of aromatic amines is 2. The van der Waals surface area contributed by atoms with E-state index < -0.39 is 0 Å². The average Bonchev–Trinajstić information content (AvgIpc) is 3.30. The molecule has 3 aromatic heterocycles. The van der Waals surface area contributed by atoms with Crippen LogP contribution in [0, 0.1) is 6.92 Å². The Balaban J connectivity index is 1.41. The van der Waals surface area contributed by atoms with Crippen LogP contribution < -0.4 is 5.32 Å². The average molecular weight is 331 g/mol. The number of benzene rings is 1. The molecule has 0 fully saturated rings. The molecular formula is C18H17N7. The summed E-state index contributed by atoms with van der Waals surface area (Å²) in [7, 11) is 0. The summed E-state index contributed by atoms with van der Waals surface area (Å²) in [4.78, 5) is 16.3. The summed E-state index contributed by atoms with van der Waals surface area (Å²) in [6.45, 7) is 2.49. The largest absolute Gasteiger partial charge is 0.378 e.